The highest BCUT2D eigenvalue weighted by Crippen LogP contribution is 2.31. The highest BCUT2D eigenvalue weighted by atomic mass is 16.5. The minimum atomic E-state index is 0.593. The van der Waals surface area contributed by atoms with Crippen molar-refractivity contribution in [2.24, 2.45) is 0 Å². The molecule has 0 aliphatic heterocycles. The summed E-state index contributed by atoms with van der Waals surface area (Å²) in [6.07, 6.45) is 0. The van der Waals surface area contributed by atoms with Gasteiger partial charge in [-0.1, -0.05) is 54.6 Å². The van der Waals surface area contributed by atoms with Gasteiger partial charge in [0.25, 0.3) is 0 Å². The van der Waals surface area contributed by atoms with E-state index in [4.69, 9.17) is 4.74 Å². The second-order valence-corrected chi connectivity index (χ2v) is 5.77. The Hall–Kier alpha value is -3.34. The van der Waals surface area contributed by atoms with Crippen LogP contribution in [-0.4, -0.2) is 15.2 Å². The molecule has 0 saturated heterocycles. The highest BCUT2D eigenvalue weighted by Gasteiger charge is 2.08. The predicted molar refractivity (Wildman–Crippen MR) is 98.9 cm³/mol. The van der Waals surface area contributed by atoms with Crippen molar-refractivity contribution < 1.29 is 4.74 Å². The number of aryl methyl sites for hydroxylation is 1. The van der Waals surface area contributed by atoms with Gasteiger partial charge in [-0.15, -0.1) is 0 Å². The fourth-order valence-electron chi connectivity index (χ4n) is 2.76. The summed E-state index contributed by atoms with van der Waals surface area (Å²) in [5.41, 5.74) is 1.05. The Labute approximate surface area is 145 Å². The summed E-state index contributed by atoms with van der Waals surface area (Å²) in [6, 6.07) is 22.3. The zero-order valence-electron chi connectivity index (χ0n) is 13.9. The van der Waals surface area contributed by atoms with Gasteiger partial charge in [0.15, 0.2) is 0 Å². The van der Waals surface area contributed by atoms with Crippen molar-refractivity contribution in [3.05, 3.63) is 78.1 Å². The van der Waals surface area contributed by atoms with Crippen molar-refractivity contribution >= 4 is 16.7 Å². The molecule has 4 aromatic rings. The van der Waals surface area contributed by atoms with Gasteiger partial charge in [0.05, 0.1) is 0 Å². The Bertz CT molecular complexity index is 1000. The molecule has 0 unspecified atom stereocenters. The van der Waals surface area contributed by atoms with Crippen LogP contribution in [0.4, 0.5) is 5.95 Å². The summed E-state index contributed by atoms with van der Waals surface area (Å²) in [6.45, 7) is 2.44. The number of fused-ring (bicyclic) bond motifs is 1. The standard InChI is InChI=1S/C20H18N4O/c1-14-22-20(24-23-14)21-13-16-8-3-5-11-18(16)25-19-12-6-9-15-7-2-4-10-17(15)19/h2-12H,13H2,1H3,(H2,21,22,23,24). The summed E-state index contributed by atoms with van der Waals surface area (Å²) < 4.78 is 6.23. The second kappa shape index (κ2) is 6.65. The third-order valence-electron chi connectivity index (χ3n) is 3.99. The SMILES string of the molecule is Cc1n[nH]c(NCc2ccccc2Oc2cccc3ccccc23)n1. The first-order valence-electron chi connectivity index (χ1n) is 8.16. The summed E-state index contributed by atoms with van der Waals surface area (Å²) in [5, 5.41) is 12.4. The summed E-state index contributed by atoms with van der Waals surface area (Å²) in [4.78, 5) is 4.26. The van der Waals surface area contributed by atoms with Gasteiger partial charge in [-0.3, -0.25) is 0 Å². The Kier molecular flexibility index (Phi) is 4.04. The third kappa shape index (κ3) is 3.30. The van der Waals surface area contributed by atoms with Crippen molar-refractivity contribution in [2.45, 2.75) is 13.5 Å². The first-order chi connectivity index (χ1) is 12.3. The maximum atomic E-state index is 6.23. The number of hydrogen-bond donors (Lipinski definition) is 2. The number of ether oxygens (including phenoxy) is 1. The van der Waals surface area contributed by atoms with Crippen LogP contribution in [0.3, 0.4) is 0 Å². The van der Waals surface area contributed by atoms with E-state index in [2.05, 4.69) is 38.7 Å². The molecule has 0 amide bonds. The number of nitrogens with one attached hydrogen (secondary N) is 2. The van der Waals surface area contributed by atoms with Gasteiger partial charge in [0.1, 0.15) is 17.3 Å². The zero-order valence-corrected chi connectivity index (χ0v) is 13.9. The van der Waals surface area contributed by atoms with Crippen LogP contribution in [-0.2, 0) is 6.54 Å². The number of rotatable bonds is 5. The minimum absolute atomic E-state index is 0.593. The molecule has 1 aromatic heterocycles. The van der Waals surface area contributed by atoms with E-state index in [-0.39, 0.29) is 0 Å². The van der Waals surface area contributed by atoms with Gasteiger partial charge in [-0.25, -0.2) is 5.10 Å². The van der Waals surface area contributed by atoms with Crippen LogP contribution in [0.25, 0.3) is 10.8 Å². The van der Waals surface area contributed by atoms with E-state index in [0.717, 1.165) is 27.8 Å². The number of benzene rings is 3. The van der Waals surface area contributed by atoms with Crippen LogP contribution in [0, 0.1) is 6.92 Å². The Morgan fingerprint density at radius 2 is 1.68 bits per heavy atom. The topological polar surface area (TPSA) is 62.8 Å². The first-order valence-corrected chi connectivity index (χ1v) is 8.16. The van der Waals surface area contributed by atoms with Gasteiger partial charge in [0, 0.05) is 17.5 Å². The number of hydrogen-bond acceptors (Lipinski definition) is 4. The number of aromatic nitrogens is 3. The fraction of sp³-hybridized carbons (Fsp3) is 0.100. The average Bonchev–Trinajstić information content (AvgIpc) is 3.07. The lowest BCUT2D eigenvalue weighted by atomic mass is 10.1. The molecular weight excluding hydrogens is 312 g/mol. The van der Waals surface area contributed by atoms with E-state index in [9.17, 15) is 0 Å². The Morgan fingerprint density at radius 3 is 2.56 bits per heavy atom. The summed E-state index contributed by atoms with van der Waals surface area (Å²) in [7, 11) is 0. The number of para-hydroxylation sites is 1. The smallest absolute Gasteiger partial charge is 0.218 e. The monoisotopic (exact) mass is 330 g/mol. The lowest BCUT2D eigenvalue weighted by Gasteiger charge is -2.13. The number of aromatic amines is 1. The van der Waals surface area contributed by atoms with E-state index < -0.39 is 0 Å². The molecule has 0 atom stereocenters. The molecule has 2 N–H and O–H groups in total. The van der Waals surface area contributed by atoms with E-state index >= 15 is 0 Å². The molecule has 1 heterocycles. The molecule has 0 aliphatic carbocycles. The zero-order chi connectivity index (χ0) is 17.1. The van der Waals surface area contributed by atoms with Crippen LogP contribution in [0.15, 0.2) is 66.7 Å². The number of anilines is 1. The van der Waals surface area contributed by atoms with Crippen LogP contribution >= 0.6 is 0 Å². The van der Waals surface area contributed by atoms with Gasteiger partial charge < -0.3 is 10.1 Å². The Morgan fingerprint density at radius 1 is 0.920 bits per heavy atom. The second-order valence-electron chi connectivity index (χ2n) is 5.77. The maximum absolute atomic E-state index is 6.23. The fourth-order valence-corrected chi connectivity index (χ4v) is 2.76. The minimum Gasteiger partial charge on any atom is -0.456 e. The van der Waals surface area contributed by atoms with E-state index in [1.807, 2.05) is 55.5 Å². The predicted octanol–water partition coefficient (Wildman–Crippen LogP) is 4.67. The van der Waals surface area contributed by atoms with Gasteiger partial charge >= 0.3 is 0 Å². The highest BCUT2D eigenvalue weighted by molar-refractivity contribution is 5.88. The summed E-state index contributed by atoms with van der Waals surface area (Å²) >= 11 is 0. The Balaban J connectivity index is 1.60. The largest absolute Gasteiger partial charge is 0.456 e. The molecule has 0 radical (unpaired) electrons. The molecule has 0 spiro atoms. The van der Waals surface area contributed by atoms with E-state index in [1.54, 1.807) is 0 Å². The lowest BCUT2D eigenvalue weighted by molar-refractivity contribution is 0.482. The van der Waals surface area contributed by atoms with Crippen LogP contribution < -0.4 is 10.1 Å². The molecule has 0 bridgehead atoms. The number of H-pyrrole nitrogens is 1. The van der Waals surface area contributed by atoms with Crippen molar-refractivity contribution in [1.29, 1.82) is 0 Å². The molecule has 4 rings (SSSR count). The first kappa shape index (κ1) is 15.2. The van der Waals surface area contributed by atoms with Crippen LogP contribution in [0.1, 0.15) is 11.4 Å². The summed E-state index contributed by atoms with van der Waals surface area (Å²) in [5.74, 6) is 3.03. The molecule has 124 valence electrons. The van der Waals surface area contributed by atoms with Crippen molar-refractivity contribution in [3.8, 4) is 11.5 Å². The molecule has 0 saturated carbocycles. The van der Waals surface area contributed by atoms with Crippen LogP contribution in [0.5, 0.6) is 11.5 Å². The van der Waals surface area contributed by atoms with Gasteiger partial charge in [0.2, 0.25) is 5.95 Å². The van der Waals surface area contributed by atoms with E-state index in [1.165, 1.54) is 0 Å². The quantitative estimate of drug-likeness (QED) is 0.558. The maximum Gasteiger partial charge on any atom is 0.218 e. The van der Waals surface area contributed by atoms with Crippen LogP contribution in [0.2, 0.25) is 0 Å². The molecule has 5 nitrogen and oxygen atoms in total. The van der Waals surface area contributed by atoms with Crippen molar-refractivity contribution in [2.75, 3.05) is 5.32 Å². The molecule has 3 aromatic carbocycles. The molecule has 5 heteroatoms. The number of nitrogens with zero attached hydrogens (tertiary/aromatic N) is 2. The van der Waals surface area contributed by atoms with Crippen molar-refractivity contribution in [1.82, 2.24) is 15.2 Å². The lowest BCUT2D eigenvalue weighted by Crippen LogP contribution is -2.03. The normalized spacial score (nSPS) is 10.8. The average molecular weight is 330 g/mol. The molecular formula is C20H18N4O. The molecule has 0 fully saturated rings. The third-order valence-corrected chi connectivity index (χ3v) is 3.99. The molecule has 25 heavy (non-hydrogen) atoms. The van der Waals surface area contributed by atoms with Gasteiger partial charge in [-0.2, -0.15) is 10.1 Å². The van der Waals surface area contributed by atoms with Crippen molar-refractivity contribution in [3.63, 3.8) is 0 Å². The van der Waals surface area contributed by atoms with E-state index in [0.29, 0.717) is 18.3 Å². The molecule has 0 aliphatic rings. The van der Waals surface area contributed by atoms with Gasteiger partial charge in [-0.05, 0) is 24.4 Å².